The van der Waals surface area contributed by atoms with Crippen molar-refractivity contribution < 1.29 is 27.5 Å². The minimum absolute atomic E-state index is 0.0408. The first-order valence-electron chi connectivity index (χ1n) is 10.1. The Bertz CT molecular complexity index is 1090. The molecular weight excluding hydrogens is 451 g/mol. The van der Waals surface area contributed by atoms with Gasteiger partial charge in [0, 0.05) is 31.6 Å². The number of amides is 2. The number of ether oxygens (including phenoxy) is 1. The van der Waals surface area contributed by atoms with Gasteiger partial charge in [0.05, 0.1) is 11.3 Å². The fourth-order valence-electron chi connectivity index (χ4n) is 2.50. The average molecular weight is 477 g/mol. The Morgan fingerprint density at radius 1 is 1.18 bits per heavy atom. The van der Waals surface area contributed by atoms with Gasteiger partial charge in [-0.15, -0.1) is 0 Å². The summed E-state index contributed by atoms with van der Waals surface area (Å²) < 4.78 is 43.8. The van der Waals surface area contributed by atoms with Gasteiger partial charge in [-0.3, -0.25) is 14.7 Å². The summed E-state index contributed by atoms with van der Waals surface area (Å²) in [5.74, 6) is -0.339. The van der Waals surface area contributed by atoms with Crippen LogP contribution in [-0.2, 0) is 10.9 Å². The first kappa shape index (κ1) is 26.4. The van der Waals surface area contributed by atoms with Crippen LogP contribution in [0.15, 0.2) is 59.2 Å². The van der Waals surface area contributed by atoms with E-state index in [1.54, 1.807) is 32.9 Å². The molecule has 0 atom stereocenters. The first-order chi connectivity index (χ1) is 15.8. The maximum atomic E-state index is 12.8. The second kappa shape index (κ2) is 10.8. The summed E-state index contributed by atoms with van der Waals surface area (Å²) in [6.07, 6.45) is -2.67. The van der Waals surface area contributed by atoms with Crippen LogP contribution in [0.2, 0.25) is 0 Å². The fraction of sp³-hybridized carbons (Fsp3) is 0.304. The molecule has 2 amide bonds. The van der Waals surface area contributed by atoms with E-state index in [2.05, 4.69) is 15.3 Å². The van der Waals surface area contributed by atoms with E-state index in [4.69, 9.17) is 10.5 Å². The highest BCUT2D eigenvalue weighted by Crippen LogP contribution is 2.31. The molecular formula is C23H26F3N5O3. The summed E-state index contributed by atoms with van der Waals surface area (Å²) >= 11 is 0. The number of hydrogen-bond donors (Lipinski definition) is 2. The zero-order valence-electron chi connectivity index (χ0n) is 19.2. The number of anilines is 1. The standard InChI is InChI=1S/C23H26F3N5O3/c1-22(2,3)34-21(33)31(4)19-10-6-9-18(30-19)20(32)29-14-15(12-27)13-28-17-8-5-7-16(11-17)23(24,25)26/h5-13H,14,27H2,1-4H3,(H,29,32). The average Bonchev–Trinajstić information content (AvgIpc) is 2.77. The molecule has 0 bridgehead atoms. The van der Waals surface area contributed by atoms with Crippen molar-refractivity contribution >= 4 is 29.7 Å². The van der Waals surface area contributed by atoms with E-state index in [0.29, 0.717) is 5.57 Å². The molecule has 11 heteroatoms. The predicted molar refractivity (Wildman–Crippen MR) is 123 cm³/mol. The van der Waals surface area contributed by atoms with Crippen molar-refractivity contribution in [3.8, 4) is 0 Å². The van der Waals surface area contributed by atoms with Crippen LogP contribution in [0.25, 0.3) is 0 Å². The van der Waals surface area contributed by atoms with Gasteiger partial charge in [0.2, 0.25) is 0 Å². The molecule has 2 rings (SSSR count). The second-order valence-corrected chi connectivity index (χ2v) is 8.15. The van der Waals surface area contributed by atoms with Gasteiger partial charge in [-0.05, 0) is 51.1 Å². The van der Waals surface area contributed by atoms with Crippen LogP contribution in [-0.4, -0.2) is 42.4 Å². The number of halogens is 3. The van der Waals surface area contributed by atoms with E-state index in [1.165, 1.54) is 42.6 Å². The topological polar surface area (TPSA) is 110 Å². The lowest BCUT2D eigenvalue weighted by Crippen LogP contribution is -2.35. The number of benzene rings is 1. The smallest absolute Gasteiger partial charge is 0.416 e. The van der Waals surface area contributed by atoms with Gasteiger partial charge in [0.25, 0.3) is 5.91 Å². The third kappa shape index (κ3) is 7.91. The normalized spacial score (nSPS) is 12.5. The number of aliphatic imine (C=N–C) groups is 1. The SMILES string of the molecule is CN(C(=O)OC(C)(C)C)c1cccc(C(=O)NCC(C=Nc2cccc(C(F)(F)F)c2)=CN)n1. The Kier molecular flexibility index (Phi) is 8.39. The van der Waals surface area contributed by atoms with Crippen LogP contribution in [0.5, 0.6) is 0 Å². The Hall–Kier alpha value is -3.89. The lowest BCUT2D eigenvalue weighted by molar-refractivity contribution is -0.137. The predicted octanol–water partition coefficient (Wildman–Crippen LogP) is 4.45. The Morgan fingerprint density at radius 2 is 1.85 bits per heavy atom. The van der Waals surface area contributed by atoms with Gasteiger partial charge in [0.15, 0.2) is 0 Å². The molecule has 8 nitrogen and oxygen atoms in total. The number of nitrogens with one attached hydrogen (secondary N) is 1. The summed E-state index contributed by atoms with van der Waals surface area (Å²) in [5.41, 5.74) is 4.51. The minimum Gasteiger partial charge on any atom is -0.443 e. The fourth-order valence-corrected chi connectivity index (χ4v) is 2.50. The Balaban J connectivity index is 2.04. The molecule has 1 heterocycles. The molecule has 0 radical (unpaired) electrons. The Labute approximate surface area is 195 Å². The molecule has 0 saturated heterocycles. The molecule has 2 aromatic rings. The van der Waals surface area contributed by atoms with Crippen molar-refractivity contribution in [2.75, 3.05) is 18.5 Å². The molecule has 0 spiro atoms. The van der Waals surface area contributed by atoms with Crippen LogP contribution in [0.1, 0.15) is 36.8 Å². The monoisotopic (exact) mass is 477 g/mol. The number of rotatable bonds is 6. The van der Waals surface area contributed by atoms with Gasteiger partial charge < -0.3 is 15.8 Å². The summed E-state index contributed by atoms with van der Waals surface area (Å²) in [6, 6.07) is 9.08. The number of carbonyl (C=O) groups excluding carboxylic acids is 2. The van der Waals surface area contributed by atoms with Crippen molar-refractivity contribution in [1.82, 2.24) is 10.3 Å². The summed E-state index contributed by atoms with van der Waals surface area (Å²) in [5, 5.41) is 2.60. The zero-order valence-corrected chi connectivity index (χ0v) is 19.2. The van der Waals surface area contributed by atoms with E-state index < -0.39 is 29.3 Å². The highest BCUT2D eigenvalue weighted by Gasteiger charge is 2.30. The van der Waals surface area contributed by atoms with Crippen LogP contribution in [0, 0.1) is 0 Å². The summed E-state index contributed by atoms with van der Waals surface area (Å²) in [6.45, 7) is 5.14. The molecule has 1 aromatic carbocycles. The van der Waals surface area contributed by atoms with Crippen molar-refractivity contribution in [2.45, 2.75) is 32.5 Å². The van der Waals surface area contributed by atoms with E-state index in [0.717, 1.165) is 12.1 Å². The maximum Gasteiger partial charge on any atom is 0.416 e. The van der Waals surface area contributed by atoms with Crippen LogP contribution >= 0.6 is 0 Å². The second-order valence-electron chi connectivity index (χ2n) is 8.15. The van der Waals surface area contributed by atoms with Gasteiger partial charge in [-0.25, -0.2) is 9.78 Å². The summed E-state index contributed by atoms with van der Waals surface area (Å²) in [7, 11) is 1.47. The number of nitrogens with two attached hydrogens (primary N) is 1. The van der Waals surface area contributed by atoms with Gasteiger partial charge in [0.1, 0.15) is 17.1 Å². The van der Waals surface area contributed by atoms with E-state index in [9.17, 15) is 22.8 Å². The lowest BCUT2D eigenvalue weighted by atomic mass is 10.2. The third-order valence-electron chi connectivity index (χ3n) is 4.20. The number of pyridine rings is 1. The molecule has 0 fully saturated rings. The maximum absolute atomic E-state index is 12.8. The molecule has 34 heavy (non-hydrogen) atoms. The number of hydrogen-bond acceptors (Lipinski definition) is 6. The highest BCUT2D eigenvalue weighted by atomic mass is 19.4. The van der Waals surface area contributed by atoms with E-state index in [-0.39, 0.29) is 23.7 Å². The Morgan fingerprint density at radius 3 is 2.47 bits per heavy atom. The highest BCUT2D eigenvalue weighted by molar-refractivity contribution is 5.94. The molecule has 1 aromatic heterocycles. The lowest BCUT2D eigenvalue weighted by Gasteiger charge is -2.24. The number of alkyl halides is 3. The van der Waals surface area contributed by atoms with Gasteiger partial charge in [-0.1, -0.05) is 12.1 Å². The van der Waals surface area contributed by atoms with Crippen molar-refractivity contribution in [3.05, 3.63) is 65.5 Å². The number of aromatic nitrogens is 1. The molecule has 0 aliphatic carbocycles. The van der Waals surface area contributed by atoms with Crippen molar-refractivity contribution in [3.63, 3.8) is 0 Å². The van der Waals surface area contributed by atoms with E-state index in [1.807, 2.05) is 0 Å². The molecule has 0 unspecified atom stereocenters. The number of carbonyl (C=O) groups is 2. The molecule has 0 aliphatic rings. The van der Waals surface area contributed by atoms with Crippen LogP contribution in [0.3, 0.4) is 0 Å². The molecule has 3 N–H and O–H groups in total. The minimum atomic E-state index is -4.48. The quantitative estimate of drug-likeness (QED) is 0.598. The molecule has 0 aliphatic heterocycles. The molecule has 0 saturated carbocycles. The van der Waals surface area contributed by atoms with E-state index >= 15 is 0 Å². The largest absolute Gasteiger partial charge is 0.443 e. The molecule has 182 valence electrons. The van der Waals surface area contributed by atoms with Crippen molar-refractivity contribution in [1.29, 1.82) is 0 Å². The first-order valence-corrected chi connectivity index (χ1v) is 10.1. The van der Waals surface area contributed by atoms with Crippen molar-refractivity contribution in [2.24, 2.45) is 10.7 Å². The summed E-state index contributed by atoms with van der Waals surface area (Å²) in [4.78, 5) is 34.1. The number of nitrogens with zero attached hydrogens (tertiary/aromatic N) is 3. The van der Waals surface area contributed by atoms with Crippen LogP contribution < -0.4 is 16.0 Å². The van der Waals surface area contributed by atoms with Gasteiger partial charge in [-0.2, -0.15) is 13.2 Å². The van der Waals surface area contributed by atoms with Gasteiger partial charge >= 0.3 is 12.3 Å². The third-order valence-corrected chi connectivity index (χ3v) is 4.20. The van der Waals surface area contributed by atoms with Crippen LogP contribution in [0.4, 0.5) is 29.5 Å². The zero-order chi connectivity index (χ0) is 25.5.